The molecule has 1 N–H and O–H groups in total. The maximum absolute atomic E-state index is 13.0. The van der Waals surface area contributed by atoms with Crippen LogP contribution in [0.1, 0.15) is 21.6 Å². The number of benzene rings is 3. The van der Waals surface area contributed by atoms with Crippen molar-refractivity contribution in [2.75, 3.05) is 0 Å². The van der Waals surface area contributed by atoms with Gasteiger partial charge in [-0.05, 0) is 31.2 Å². The molecule has 0 radical (unpaired) electrons. The summed E-state index contributed by atoms with van der Waals surface area (Å²) in [7, 11) is -4.18. The summed E-state index contributed by atoms with van der Waals surface area (Å²) in [5, 5.41) is 12.7. The fourth-order valence-corrected chi connectivity index (χ4v) is 4.23. The van der Waals surface area contributed by atoms with Crippen LogP contribution in [0.4, 0.5) is 0 Å². The van der Waals surface area contributed by atoms with Crippen molar-refractivity contribution < 1.29 is 27.3 Å². The maximum Gasteiger partial charge on any atom is 0.331 e. The molecule has 0 fully saturated rings. The third kappa shape index (κ3) is 4.40. The molecular formula is C24H20N2O5S. The third-order valence-electron chi connectivity index (χ3n) is 4.88. The number of hydrogen-bond donors (Lipinski definition) is 1. The van der Waals surface area contributed by atoms with E-state index in [0.717, 1.165) is 11.1 Å². The molecule has 0 saturated carbocycles. The highest BCUT2D eigenvalue weighted by Crippen LogP contribution is 2.24. The van der Waals surface area contributed by atoms with Crippen molar-refractivity contribution in [2.45, 2.75) is 18.4 Å². The van der Waals surface area contributed by atoms with Crippen LogP contribution in [0.2, 0.25) is 0 Å². The molecule has 4 rings (SSSR count). The maximum atomic E-state index is 13.0. The van der Waals surface area contributed by atoms with E-state index in [0.29, 0.717) is 5.56 Å². The van der Waals surface area contributed by atoms with Gasteiger partial charge < -0.3 is 9.52 Å². The minimum absolute atomic E-state index is 0.0784. The lowest BCUT2D eigenvalue weighted by Gasteiger charge is -2.07. The Morgan fingerprint density at radius 3 is 2.16 bits per heavy atom. The van der Waals surface area contributed by atoms with E-state index in [-0.39, 0.29) is 17.3 Å². The number of carbonyl (C=O) groups is 1. The minimum atomic E-state index is -4.18. The van der Waals surface area contributed by atoms with Gasteiger partial charge in [-0.25, -0.2) is 13.1 Å². The molecule has 0 aliphatic rings. The Bertz CT molecular complexity index is 1350. The third-order valence-corrected chi connectivity index (χ3v) is 6.22. The Hall–Kier alpha value is -3.91. The van der Waals surface area contributed by atoms with Gasteiger partial charge in [-0.15, -0.1) is 0 Å². The number of hydrogen-bond acceptors (Lipinski definition) is 5. The summed E-state index contributed by atoms with van der Waals surface area (Å²) in [6.07, 6.45) is 0. The normalized spacial score (nSPS) is 11.3. The van der Waals surface area contributed by atoms with Crippen LogP contribution < -0.4 is 14.4 Å². The first-order chi connectivity index (χ1) is 15.3. The van der Waals surface area contributed by atoms with Crippen LogP contribution in [0.15, 0.2) is 94.2 Å². The molecule has 162 valence electrons. The van der Waals surface area contributed by atoms with Crippen molar-refractivity contribution in [1.82, 2.24) is 4.72 Å². The van der Waals surface area contributed by atoms with Crippen molar-refractivity contribution in [3.8, 4) is 17.4 Å². The Morgan fingerprint density at radius 1 is 0.938 bits per heavy atom. The molecule has 7 nitrogen and oxygen atoms in total. The highest BCUT2D eigenvalue weighted by Gasteiger charge is 2.32. The van der Waals surface area contributed by atoms with E-state index in [9.17, 15) is 18.3 Å². The van der Waals surface area contributed by atoms with Gasteiger partial charge in [0.15, 0.2) is 6.54 Å². The Kier molecular flexibility index (Phi) is 5.79. The number of oxazole rings is 1. The molecule has 4 aromatic rings. The first kappa shape index (κ1) is 21.3. The van der Waals surface area contributed by atoms with Crippen molar-refractivity contribution in [1.29, 1.82) is 0 Å². The molecule has 0 bridgehead atoms. The van der Waals surface area contributed by atoms with Gasteiger partial charge in [-0.3, -0.25) is 4.79 Å². The van der Waals surface area contributed by atoms with Gasteiger partial charge in [0.05, 0.1) is 10.5 Å². The summed E-state index contributed by atoms with van der Waals surface area (Å²) in [4.78, 5) is 12.9. The molecule has 8 heteroatoms. The summed E-state index contributed by atoms with van der Waals surface area (Å²) >= 11 is 0. The second-order valence-corrected chi connectivity index (χ2v) is 8.91. The van der Waals surface area contributed by atoms with E-state index in [2.05, 4.69) is 0 Å². The number of rotatable bonds is 6. The number of nitrogens with zero attached hydrogens (tertiary/aromatic N) is 1. The summed E-state index contributed by atoms with van der Waals surface area (Å²) in [6.45, 7) is 1.96. The monoisotopic (exact) mass is 448 g/mol. The van der Waals surface area contributed by atoms with Crippen molar-refractivity contribution >= 4 is 15.9 Å². The number of aryl methyl sites for hydroxylation is 1. The smallest absolute Gasteiger partial charge is 0.331 e. The zero-order valence-corrected chi connectivity index (χ0v) is 18.0. The predicted molar refractivity (Wildman–Crippen MR) is 115 cm³/mol. The van der Waals surface area contributed by atoms with E-state index in [1.54, 1.807) is 36.4 Å². The fourth-order valence-electron chi connectivity index (χ4n) is 3.28. The van der Waals surface area contributed by atoms with Crippen LogP contribution >= 0.6 is 0 Å². The van der Waals surface area contributed by atoms with Gasteiger partial charge in [0.2, 0.25) is 0 Å². The van der Waals surface area contributed by atoms with Crippen LogP contribution in [0, 0.1) is 6.92 Å². The fraction of sp³-hybridized carbons (Fsp3) is 0.0833. The molecular weight excluding hydrogens is 428 g/mol. The number of sulfonamides is 1. The Labute approximate surface area is 185 Å². The van der Waals surface area contributed by atoms with Gasteiger partial charge in [-0.1, -0.05) is 66.2 Å². The Balaban J connectivity index is 1.76. The highest BCUT2D eigenvalue weighted by atomic mass is 32.2. The quantitative estimate of drug-likeness (QED) is 0.457. The lowest BCUT2D eigenvalue weighted by Crippen LogP contribution is -2.45. The highest BCUT2D eigenvalue weighted by molar-refractivity contribution is 7.90. The zero-order valence-electron chi connectivity index (χ0n) is 17.2. The predicted octanol–water partition coefficient (Wildman–Crippen LogP) is 2.78. The van der Waals surface area contributed by atoms with E-state index >= 15 is 0 Å². The molecule has 32 heavy (non-hydrogen) atoms. The first-order valence-electron chi connectivity index (χ1n) is 9.82. The summed E-state index contributed by atoms with van der Waals surface area (Å²) in [6, 6.07) is 24.1. The van der Waals surface area contributed by atoms with E-state index in [4.69, 9.17) is 4.42 Å². The second-order valence-electron chi connectivity index (χ2n) is 7.23. The lowest BCUT2D eigenvalue weighted by molar-refractivity contribution is -0.682. The average Bonchev–Trinajstić information content (AvgIpc) is 3.11. The van der Waals surface area contributed by atoms with Crippen LogP contribution in [-0.2, 0) is 16.6 Å². The molecule has 0 aliphatic carbocycles. The topological polar surface area (TPSA) is 103 Å². The molecule has 1 heterocycles. The van der Waals surface area contributed by atoms with Crippen molar-refractivity contribution in [3.05, 3.63) is 102 Å². The van der Waals surface area contributed by atoms with Crippen molar-refractivity contribution in [3.63, 3.8) is 0 Å². The first-order valence-corrected chi connectivity index (χ1v) is 11.3. The van der Waals surface area contributed by atoms with Crippen molar-refractivity contribution in [2.24, 2.45) is 0 Å². The molecule has 0 spiro atoms. The summed E-state index contributed by atoms with van der Waals surface area (Å²) < 4.78 is 34.2. The van der Waals surface area contributed by atoms with Gasteiger partial charge in [0, 0.05) is 5.56 Å². The summed E-state index contributed by atoms with van der Waals surface area (Å²) in [5.74, 6) is -1.81. The zero-order chi connectivity index (χ0) is 22.7. The molecule has 1 amide bonds. The molecule has 3 aromatic carbocycles. The summed E-state index contributed by atoms with van der Waals surface area (Å²) in [5.41, 5.74) is 1.87. The number of carbonyl (C=O) groups excluding carboxylic acids is 1. The Morgan fingerprint density at radius 2 is 1.53 bits per heavy atom. The van der Waals surface area contributed by atoms with Gasteiger partial charge >= 0.3 is 5.91 Å². The molecule has 0 saturated heterocycles. The lowest BCUT2D eigenvalue weighted by atomic mass is 10.2. The second kappa shape index (κ2) is 8.68. The minimum Gasteiger partial charge on any atom is -0.540 e. The SMILES string of the molecule is Cc1ccc(S(=O)(=O)NC(=O)c2c([O-])oc(-c3ccccc3)[n+]2Cc2ccccc2)cc1. The largest absolute Gasteiger partial charge is 0.540 e. The van der Waals surface area contributed by atoms with Crippen LogP contribution in [0.5, 0.6) is 5.95 Å². The average molecular weight is 449 g/mol. The van der Waals surface area contributed by atoms with Crippen LogP contribution in [0.3, 0.4) is 0 Å². The molecule has 0 aliphatic heterocycles. The molecule has 0 unspecified atom stereocenters. The van der Waals surface area contributed by atoms with E-state index in [1.807, 2.05) is 48.0 Å². The molecule has 0 atom stereocenters. The van der Waals surface area contributed by atoms with Crippen LogP contribution in [0.25, 0.3) is 11.5 Å². The standard InChI is InChI=1S/C24H20N2O5S/c1-17-12-14-20(15-13-17)32(29,30)25-22(27)21-24(28)31-23(19-10-6-3-7-11-19)26(21)16-18-8-4-2-5-9-18/h2-15H,16H2,1H3,(H-,25,27,28). The number of amides is 1. The molecule has 1 aromatic heterocycles. The van der Waals surface area contributed by atoms with Crippen LogP contribution in [-0.4, -0.2) is 14.3 Å². The van der Waals surface area contributed by atoms with Gasteiger partial charge in [0.1, 0.15) is 5.95 Å². The number of nitrogens with one attached hydrogen (secondary N) is 1. The number of aromatic nitrogens is 1. The van der Waals surface area contributed by atoms with Gasteiger partial charge in [-0.2, -0.15) is 4.57 Å². The van der Waals surface area contributed by atoms with E-state index < -0.39 is 27.6 Å². The van der Waals surface area contributed by atoms with Gasteiger partial charge in [0.25, 0.3) is 21.6 Å². The van der Waals surface area contributed by atoms with E-state index in [1.165, 1.54) is 16.7 Å².